The first kappa shape index (κ1) is 12.8. The number of nitrogens with one attached hydrogen (secondary N) is 2. The number of carbonyl (C=O) groups excluding carboxylic acids is 2. The normalized spacial score (nSPS) is 17.8. The number of hydrogen-bond donors (Lipinski definition) is 3. The molecule has 0 saturated heterocycles. The summed E-state index contributed by atoms with van der Waals surface area (Å²) in [7, 11) is 0. The predicted molar refractivity (Wildman–Crippen MR) is 48.2 cm³/mol. The van der Waals surface area contributed by atoms with Gasteiger partial charge in [-0.25, -0.2) is 0 Å². The van der Waals surface area contributed by atoms with Crippen LogP contribution in [0.1, 0.15) is 12.8 Å². The van der Waals surface area contributed by atoms with E-state index in [4.69, 9.17) is 5.73 Å². The van der Waals surface area contributed by atoms with Crippen molar-refractivity contribution < 1.29 is 22.8 Å². The molecule has 0 spiro atoms. The van der Waals surface area contributed by atoms with Crippen molar-refractivity contribution in [1.82, 2.24) is 10.6 Å². The lowest BCUT2D eigenvalue weighted by Gasteiger charge is -2.20. The van der Waals surface area contributed by atoms with Gasteiger partial charge in [0.2, 0.25) is 11.8 Å². The van der Waals surface area contributed by atoms with Gasteiger partial charge in [0.15, 0.2) is 0 Å². The van der Waals surface area contributed by atoms with E-state index >= 15 is 0 Å². The molecule has 1 rings (SSSR count). The smallest absolute Gasteiger partial charge is 0.346 e. The Balaban J connectivity index is 2.38. The zero-order valence-corrected chi connectivity index (χ0v) is 8.36. The molecule has 92 valence electrons. The van der Waals surface area contributed by atoms with Crippen molar-refractivity contribution in [3.8, 4) is 0 Å². The molecule has 0 atom stereocenters. The van der Waals surface area contributed by atoms with E-state index in [1.807, 2.05) is 5.32 Å². The van der Waals surface area contributed by atoms with Crippen LogP contribution in [0.5, 0.6) is 0 Å². The van der Waals surface area contributed by atoms with E-state index in [1.54, 1.807) is 0 Å². The van der Waals surface area contributed by atoms with E-state index in [0.29, 0.717) is 0 Å². The van der Waals surface area contributed by atoms with Crippen LogP contribution in [0.15, 0.2) is 0 Å². The summed E-state index contributed by atoms with van der Waals surface area (Å²) in [6, 6.07) is 0. The zero-order chi connectivity index (χ0) is 12.4. The van der Waals surface area contributed by atoms with Gasteiger partial charge in [0.1, 0.15) is 5.54 Å². The van der Waals surface area contributed by atoms with Gasteiger partial charge in [-0.1, -0.05) is 0 Å². The minimum atomic E-state index is -4.44. The predicted octanol–water partition coefficient (Wildman–Crippen LogP) is -0.728. The lowest BCUT2D eigenvalue weighted by molar-refractivity contribution is -0.170. The molecule has 2 amide bonds. The second-order valence-corrected chi connectivity index (χ2v) is 3.61. The van der Waals surface area contributed by atoms with E-state index in [1.165, 1.54) is 0 Å². The zero-order valence-electron chi connectivity index (χ0n) is 8.36. The standard InChI is InChI=1S/C8H12F3N3O2/c9-8(10,11)7(1-2-7)14-6(16)4-13-5(15)3-12/h1-4,12H2,(H,13,15)(H,14,16). The van der Waals surface area contributed by atoms with Gasteiger partial charge in [-0.15, -0.1) is 0 Å². The lowest BCUT2D eigenvalue weighted by atomic mass is 10.2. The Hall–Kier alpha value is -1.31. The minimum Gasteiger partial charge on any atom is -0.346 e. The van der Waals surface area contributed by atoms with Crippen LogP contribution in [-0.2, 0) is 9.59 Å². The summed E-state index contributed by atoms with van der Waals surface area (Å²) in [5, 5.41) is 3.96. The highest BCUT2D eigenvalue weighted by Crippen LogP contribution is 2.48. The van der Waals surface area contributed by atoms with E-state index in [2.05, 4.69) is 5.32 Å². The second kappa shape index (κ2) is 4.28. The summed E-state index contributed by atoms with van der Waals surface area (Å²) in [5.41, 5.74) is 2.86. The third kappa shape index (κ3) is 2.84. The molecule has 0 bridgehead atoms. The molecule has 0 aromatic carbocycles. The summed E-state index contributed by atoms with van der Waals surface area (Å²) in [6.45, 7) is -0.800. The Labute approximate surface area is 89.5 Å². The van der Waals surface area contributed by atoms with Crippen LogP contribution in [0.4, 0.5) is 13.2 Å². The molecule has 16 heavy (non-hydrogen) atoms. The highest BCUT2D eigenvalue weighted by Gasteiger charge is 2.64. The Morgan fingerprint density at radius 2 is 1.81 bits per heavy atom. The third-order valence-electron chi connectivity index (χ3n) is 2.30. The van der Waals surface area contributed by atoms with Crippen LogP contribution in [0.3, 0.4) is 0 Å². The van der Waals surface area contributed by atoms with Crippen LogP contribution < -0.4 is 16.4 Å². The first-order chi connectivity index (χ1) is 7.31. The average Bonchev–Trinajstić information content (AvgIpc) is 2.94. The number of amides is 2. The van der Waals surface area contributed by atoms with Crippen molar-refractivity contribution in [1.29, 1.82) is 0 Å². The minimum absolute atomic E-state index is 0.118. The summed E-state index contributed by atoms with van der Waals surface area (Å²) < 4.78 is 37.2. The van der Waals surface area contributed by atoms with E-state index in [0.717, 1.165) is 0 Å². The number of halogens is 3. The number of hydrogen-bond acceptors (Lipinski definition) is 3. The van der Waals surface area contributed by atoms with Crippen LogP contribution >= 0.6 is 0 Å². The number of alkyl halides is 3. The van der Waals surface area contributed by atoms with Gasteiger partial charge in [-0.3, -0.25) is 9.59 Å². The van der Waals surface area contributed by atoms with E-state index < -0.39 is 30.1 Å². The molecule has 0 aromatic rings. The van der Waals surface area contributed by atoms with Crippen molar-refractivity contribution in [2.45, 2.75) is 24.6 Å². The SMILES string of the molecule is NCC(=O)NCC(=O)NC1(C(F)(F)F)CC1. The molecule has 0 radical (unpaired) electrons. The molecule has 5 nitrogen and oxygen atoms in total. The van der Waals surface area contributed by atoms with Crippen LogP contribution in [0.25, 0.3) is 0 Å². The maximum atomic E-state index is 12.4. The van der Waals surface area contributed by atoms with Crippen LogP contribution in [0, 0.1) is 0 Å². The number of nitrogens with two attached hydrogens (primary N) is 1. The van der Waals surface area contributed by atoms with Gasteiger partial charge < -0.3 is 16.4 Å². The molecule has 1 aliphatic rings. The highest BCUT2D eigenvalue weighted by atomic mass is 19.4. The van der Waals surface area contributed by atoms with E-state index in [-0.39, 0.29) is 19.4 Å². The molecule has 0 aliphatic heterocycles. The van der Waals surface area contributed by atoms with Gasteiger partial charge >= 0.3 is 6.18 Å². The Kier molecular flexibility index (Phi) is 3.41. The first-order valence-electron chi connectivity index (χ1n) is 4.65. The summed E-state index contributed by atoms with van der Waals surface area (Å²) >= 11 is 0. The lowest BCUT2D eigenvalue weighted by Crippen LogP contribution is -2.51. The van der Waals surface area contributed by atoms with Crippen molar-refractivity contribution >= 4 is 11.8 Å². The molecule has 0 aromatic heterocycles. The second-order valence-electron chi connectivity index (χ2n) is 3.61. The molecule has 1 aliphatic carbocycles. The Morgan fingerprint density at radius 3 is 2.19 bits per heavy atom. The molecular formula is C8H12F3N3O2. The third-order valence-corrected chi connectivity index (χ3v) is 2.30. The van der Waals surface area contributed by atoms with Gasteiger partial charge in [0.05, 0.1) is 13.1 Å². The fraction of sp³-hybridized carbons (Fsp3) is 0.750. The topological polar surface area (TPSA) is 84.2 Å². The molecule has 8 heteroatoms. The molecular weight excluding hydrogens is 227 g/mol. The molecule has 4 N–H and O–H groups in total. The van der Waals surface area contributed by atoms with Gasteiger partial charge in [-0.2, -0.15) is 13.2 Å². The van der Waals surface area contributed by atoms with Crippen molar-refractivity contribution in [2.24, 2.45) is 5.73 Å². The van der Waals surface area contributed by atoms with Crippen LogP contribution in [0.2, 0.25) is 0 Å². The largest absolute Gasteiger partial charge is 0.411 e. The Bertz CT molecular complexity index is 299. The van der Waals surface area contributed by atoms with E-state index in [9.17, 15) is 22.8 Å². The van der Waals surface area contributed by atoms with Gasteiger partial charge in [0, 0.05) is 0 Å². The quantitative estimate of drug-likeness (QED) is 0.605. The molecule has 0 heterocycles. The van der Waals surface area contributed by atoms with Crippen molar-refractivity contribution in [3.05, 3.63) is 0 Å². The van der Waals surface area contributed by atoms with Crippen molar-refractivity contribution in [3.63, 3.8) is 0 Å². The fourth-order valence-electron chi connectivity index (χ4n) is 1.17. The summed E-state index contributed by atoms with van der Waals surface area (Å²) in [6.07, 6.45) is -4.68. The number of carbonyl (C=O) groups is 2. The fourth-order valence-corrected chi connectivity index (χ4v) is 1.17. The first-order valence-corrected chi connectivity index (χ1v) is 4.65. The Morgan fingerprint density at radius 1 is 1.25 bits per heavy atom. The number of rotatable bonds is 4. The molecule has 0 unspecified atom stereocenters. The van der Waals surface area contributed by atoms with Gasteiger partial charge in [-0.05, 0) is 12.8 Å². The summed E-state index contributed by atoms with van der Waals surface area (Å²) in [5.74, 6) is -1.45. The maximum absolute atomic E-state index is 12.4. The van der Waals surface area contributed by atoms with Gasteiger partial charge in [0.25, 0.3) is 0 Å². The average molecular weight is 239 g/mol. The van der Waals surface area contributed by atoms with Crippen molar-refractivity contribution in [2.75, 3.05) is 13.1 Å². The highest BCUT2D eigenvalue weighted by molar-refractivity contribution is 5.86. The molecule has 1 fully saturated rings. The molecule has 1 saturated carbocycles. The summed E-state index contributed by atoms with van der Waals surface area (Å²) in [4.78, 5) is 21.8. The monoisotopic (exact) mass is 239 g/mol. The maximum Gasteiger partial charge on any atom is 0.411 e. The van der Waals surface area contributed by atoms with Crippen LogP contribution in [-0.4, -0.2) is 36.6 Å².